The Kier molecular flexibility index (Phi) is 6.65. The molecule has 1 spiro atoms. The van der Waals surface area contributed by atoms with E-state index in [4.69, 9.17) is 9.47 Å². The lowest BCUT2D eigenvalue weighted by atomic mass is 9.77. The lowest BCUT2D eigenvalue weighted by molar-refractivity contribution is -0.152. The van der Waals surface area contributed by atoms with Gasteiger partial charge in [-0.25, -0.2) is 0 Å². The maximum absolute atomic E-state index is 13.3. The number of hydrogen-bond donors (Lipinski definition) is 1. The monoisotopic (exact) mass is 501 g/mol. The predicted molar refractivity (Wildman–Crippen MR) is 114 cm³/mol. The minimum Gasteiger partial charge on any atom is -0.458 e. The molecule has 0 saturated carbocycles. The lowest BCUT2D eigenvalue weighted by Crippen LogP contribution is -2.58. The van der Waals surface area contributed by atoms with Crippen molar-refractivity contribution in [3.8, 4) is 0 Å². The molecule has 2 fully saturated rings. The van der Waals surface area contributed by atoms with Crippen molar-refractivity contribution < 1.29 is 40.6 Å². The molecule has 2 heterocycles. The van der Waals surface area contributed by atoms with Crippen molar-refractivity contribution in [1.29, 1.82) is 0 Å². The van der Waals surface area contributed by atoms with E-state index in [0.717, 1.165) is 5.56 Å². The fourth-order valence-corrected chi connectivity index (χ4v) is 4.71. The van der Waals surface area contributed by atoms with E-state index in [1.807, 2.05) is 30.3 Å². The number of halogens is 6. The summed E-state index contributed by atoms with van der Waals surface area (Å²) in [6.45, 7) is 1.80. The summed E-state index contributed by atoms with van der Waals surface area (Å²) in [5, 5.41) is 3.42. The third-order valence-electron chi connectivity index (χ3n) is 6.86. The van der Waals surface area contributed by atoms with Gasteiger partial charge in [-0.3, -0.25) is 4.79 Å². The standard InChI is InChI=1S/C25H25F6NO3/c1-16(17-11-19(24(26,27)28)13-20(12-17)25(29,30)31)34-15-23(18-5-3-2-4-6-18)10-9-22(14-32-23)8-7-21(33)35-22/h2-6,11-13,16,32H,7-10,14-15H2,1H3/t16?,22?,23-/m1/s1. The second kappa shape index (κ2) is 9.13. The molecule has 0 aromatic heterocycles. The van der Waals surface area contributed by atoms with E-state index >= 15 is 0 Å². The number of carbonyl (C=O) groups excluding carboxylic acids is 1. The highest BCUT2D eigenvalue weighted by Gasteiger charge is 2.48. The van der Waals surface area contributed by atoms with Crippen molar-refractivity contribution in [3.63, 3.8) is 0 Å². The van der Waals surface area contributed by atoms with Gasteiger partial charge in [0.25, 0.3) is 0 Å². The number of hydrogen-bond acceptors (Lipinski definition) is 4. The summed E-state index contributed by atoms with van der Waals surface area (Å²) in [6, 6.07) is 10.8. The number of piperidine rings is 1. The van der Waals surface area contributed by atoms with Crippen molar-refractivity contribution in [2.75, 3.05) is 13.2 Å². The molecule has 0 radical (unpaired) electrons. The molecule has 190 valence electrons. The molecule has 4 nitrogen and oxygen atoms in total. The van der Waals surface area contributed by atoms with Crippen molar-refractivity contribution in [1.82, 2.24) is 5.32 Å². The van der Waals surface area contributed by atoms with Crippen LogP contribution in [0.15, 0.2) is 48.5 Å². The van der Waals surface area contributed by atoms with Gasteiger partial charge < -0.3 is 14.8 Å². The number of esters is 1. The summed E-state index contributed by atoms with van der Waals surface area (Å²) in [5.41, 5.74) is -3.46. The van der Waals surface area contributed by atoms with Crippen LogP contribution in [0.4, 0.5) is 26.3 Å². The summed E-state index contributed by atoms with van der Waals surface area (Å²) in [6.07, 6.45) is -8.91. The molecule has 2 aliphatic heterocycles. The van der Waals surface area contributed by atoms with Crippen LogP contribution in [0.1, 0.15) is 61.0 Å². The lowest BCUT2D eigenvalue weighted by Gasteiger charge is -2.45. The Balaban J connectivity index is 1.58. The summed E-state index contributed by atoms with van der Waals surface area (Å²) < 4.78 is 91.1. The molecular weight excluding hydrogens is 476 g/mol. The first-order valence-corrected chi connectivity index (χ1v) is 11.3. The van der Waals surface area contributed by atoms with Crippen LogP contribution in [0, 0.1) is 0 Å². The van der Waals surface area contributed by atoms with Gasteiger partial charge in [0.2, 0.25) is 0 Å². The van der Waals surface area contributed by atoms with E-state index < -0.39 is 40.7 Å². The predicted octanol–water partition coefficient (Wildman–Crippen LogP) is 6.16. The molecule has 2 aliphatic rings. The fourth-order valence-electron chi connectivity index (χ4n) is 4.71. The van der Waals surface area contributed by atoms with Gasteiger partial charge in [-0.2, -0.15) is 26.3 Å². The number of benzene rings is 2. The maximum Gasteiger partial charge on any atom is 0.416 e. The molecule has 0 bridgehead atoms. The van der Waals surface area contributed by atoms with Crippen molar-refractivity contribution in [3.05, 3.63) is 70.8 Å². The molecule has 2 unspecified atom stereocenters. The summed E-state index contributed by atoms with van der Waals surface area (Å²) >= 11 is 0. The van der Waals surface area contributed by atoms with E-state index in [1.165, 1.54) is 6.92 Å². The summed E-state index contributed by atoms with van der Waals surface area (Å²) in [7, 11) is 0. The molecule has 0 aliphatic carbocycles. The molecule has 3 atom stereocenters. The first kappa shape index (κ1) is 25.5. The maximum atomic E-state index is 13.3. The average molecular weight is 501 g/mol. The topological polar surface area (TPSA) is 47.6 Å². The van der Waals surface area contributed by atoms with Gasteiger partial charge in [-0.1, -0.05) is 30.3 Å². The molecule has 2 saturated heterocycles. The molecule has 1 N–H and O–H groups in total. The summed E-state index contributed by atoms with van der Waals surface area (Å²) in [5.74, 6) is -0.256. The van der Waals surface area contributed by atoms with E-state index in [0.29, 0.717) is 44.4 Å². The molecule has 0 amide bonds. The number of alkyl halides is 6. The van der Waals surface area contributed by atoms with Gasteiger partial charge in [0.1, 0.15) is 5.60 Å². The normalized spacial score (nSPS) is 26.1. The van der Waals surface area contributed by atoms with Crippen LogP contribution in [-0.2, 0) is 32.2 Å². The second-order valence-electron chi connectivity index (χ2n) is 9.25. The smallest absolute Gasteiger partial charge is 0.416 e. The highest BCUT2D eigenvalue weighted by Crippen LogP contribution is 2.42. The van der Waals surface area contributed by atoms with E-state index in [1.54, 1.807) is 0 Å². The molecule has 35 heavy (non-hydrogen) atoms. The molecular formula is C25H25F6NO3. The Bertz CT molecular complexity index is 1030. The zero-order valence-electron chi connectivity index (χ0n) is 18.9. The Morgan fingerprint density at radius 3 is 2.09 bits per heavy atom. The van der Waals surface area contributed by atoms with Crippen molar-refractivity contribution >= 4 is 5.97 Å². The van der Waals surface area contributed by atoms with Crippen LogP contribution in [0.2, 0.25) is 0 Å². The number of nitrogens with one attached hydrogen (secondary N) is 1. The largest absolute Gasteiger partial charge is 0.458 e. The quantitative estimate of drug-likeness (QED) is 0.394. The van der Waals surface area contributed by atoms with Crippen LogP contribution in [-0.4, -0.2) is 24.7 Å². The molecule has 2 aromatic carbocycles. The van der Waals surface area contributed by atoms with Crippen LogP contribution in [0.5, 0.6) is 0 Å². The van der Waals surface area contributed by atoms with Gasteiger partial charge >= 0.3 is 18.3 Å². The molecule has 10 heteroatoms. The Labute approximate surface area is 198 Å². The van der Waals surface area contributed by atoms with Crippen LogP contribution >= 0.6 is 0 Å². The fraction of sp³-hybridized carbons (Fsp3) is 0.480. The Morgan fingerprint density at radius 2 is 1.60 bits per heavy atom. The molecule has 2 aromatic rings. The minimum absolute atomic E-state index is 0.000195. The van der Waals surface area contributed by atoms with Gasteiger partial charge in [-0.05, 0) is 55.5 Å². The number of carbonyl (C=O) groups is 1. The van der Waals surface area contributed by atoms with Crippen LogP contribution < -0.4 is 5.32 Å². The number of ether oxygens (including phenoxy) is 2. The second-order valence-corrected chi connectivity index (χ2v) is 9.25. The minimum atomic E-state index is -4.93. The van der Waals surface area contributed by atoms with E-state index in [-0.39, 0.29) is 24.2 Å². The zero-order chi connectivity index (χ0) is 25.5. The highest BCUT2D eigenvalue weighted by atomic mass is 19.4. The van der Waals surface area contributed by atoms with E-state index in [9.17, 15) is 31.1 Å². The Hall–Kier alpha value is -2.59. The zero-order valence-corrected chi connectivity index (χ0v) is 18.9. The first-order valence-electron chi connectivity index (χ1n) is 11.3. The average Bonchev–Trinajstić information content (AvgIpc) is 3.18. The third-order valence-corrected chi connectivity index (χ3v) is 6.86. The SMILES string of the molecule is CC(OC[C@@]1(c2ccccc2)CCC2(CCC(=O)O2)CN1)c1cc(C(F)(F)F)cc(C(F)(F)F)c1. The Morgan fingerprint density at radius 1 is 0.971 bits per heavy atom. The van der Waals surface area contributed by atoms with Gasteiger partial charge in [0.15, 0.2) is 0 Å². The van der Waals surface area contributed by atoms with Crippen molar-refractivity contribution in [2.45, 2.75) is 62.2 Å². The van der Waals surface area contributed by atoms with Gasteiger partial charge in [0, 0.05) is 13.0 Å². The molecule has 4 rings (SSSR count). The summed E-state index contributed by atoms with van der Waals surface area (Å²) in [4.78, 5) is 11.7. The van der Waals surface area contributed by atoms with Gasteiger partial charge in [0.05, 0.1) is 29.4 Å². The van der Waals surface area contributed by atoms with Crippen LogP contribution in [0.25, 0.3) is 0 Å². The third kappa shape index (κ3) is 5.48. The van der Waals surface area contributed by atoms with Crippen LogP contribution in [0.3, 0.4) is 0 Å². The van der Waals surface area contributed by atoms with Crippen molar-refractivity contribution in [2.24, 2.45) is 0 Å². The highest BCUT2D eigenvalue weighted by molar-refractivity contribution is 5.72. The van der Waals surface area contributed by atoms with E-state index in [2.05, 4.69) is 5.32 Å². The number of rotatable bonds is 5. The van der Waals surface area contributed by atoms with Gasteiger partial charge in [-0.15, -0.1) is 0 Å². The first-order chi connectivity index (χ1) is 16.3.